The molecule has 7 heteroatoms. The molecule has 1 aromatic carbocycles. The molecule has 24 heavy (non-hydrogen) atoms. The van der Waals surface area contributed by atoms with E-state index in [-0.39, 0.29) is 10.7 Å². The SMILES string of the molecule is Cc1ccc(NC(=O)/C(C#N)=C/c2c(Cl)nc3sccn23)c(C)c1. The number of rotatable bonds is 3. The monoisotopic (exact) mass is 356 g/mol. The Balaban J connectivity index is 1.93. The molecule has 0 atom stereocenters. The fourth-order valence-corrected chi connectivity index (χ4v) is 3.33. The number of aryl methyl sites for hydroxylation is 2. The van der Waals surface area contributed by atoms with Crippen LogP contribution in [0.15, 0.2) is 35.3 Å². The topological polar surface area (TPSA) is 70.2 Å². The summed E-state index contributed by atoms with van der Waals surface area (Å²) in [6.45, 7) is 3.88. The van der Waals surface area contributed by atoms with Gasteiger partial charge in [0.1, 0.15) is 11.6 Å². The van der Waals surface area contributed by atoms with E-state index in [0.29, 0.717) is 16.3 Å². The van der Waals surface area contributed by atoms with E-state index in [0.717, 1.165) is 11.1 Å². The number of fused-ring (bicyclic) bond motifs is 1. The summed E-state index contributed by atoms with van der Waals surface area (Å²) in [5, 5.41) is 14.2. The molecule has 1 N–H and O–H groups in total. The molecule has 0 bridgehead atoms. The van der Waals surface area contributed by atoms with Gasteiger partial charge in [-0.05, 0) is 31.6 Å². The predicted molar refractivity (Wildman–Crippen MR) is 96.2 cm³/mol. The van der Waals surface area contributed by atoms with E-state index in [4.69, 9.17) is 11.6 Å². The number of carbonyl (C=O) groups excluding carboxylic acids is 1. The standard InChI is InChI=1S/C17H13ClN4OS/c1-10-3-4-13(11(2)7-10)20-16(23)12(9-19)8-14-15(18)21-17-22(14)5-6-24-17/h3-8H,1-2H3,(H,20,23)/b12-8+. The molecule has 0 aliphatic rings. The molecule has 0 aliphatic heterocycles. The first-order valence-corrected chi connectivity index (χ1v) is 8.37. The van der Waals surface area contributed by atoms with Crippen molar-refractivity contribution in [2.75, 3.05) is 5.32 Å². The zero-order valence-corrected chi connectivity index (χ0v) is 14.6. The van der Waals surface area contributed by atoms with Crippen molar-refractivity contribution in [3.63, 3.8) is 0 Å². The van der Waals surface area contributed by atoms with Crippen LogP contribution in [0.5, 0.6) is 0 Å². The third kappa shape index (κ3) is 3.04. The zero-order valence-electron chi connectivity index (χ0n) is 13.0. The maximum absolute atomic E-state index is 12.4. The summed E-state index contributed by atoms with van der Waals surface area (Å²) in [5.41, 5.74) is 3.19. The van der Waals surface area contributed by atoms with Gasteiger partial charge in [0.15, 0.2) is 10.1 Å². The number of nitrogens with one attached hydrogen (secondary N) is 1. The van der Waals surface area contributed by atoms with Gasteiger partial charge in [-0.1, -0.05) is 29.3 Å². The van der Waals surface area contributed by atoms with Gasteiger partial charge in [-0.3, -0.25) is 9.20 Å². The number of carbonyl (C=O) groups is 1. The number of imidazole rings is 1. The number of thiazole rings is 1. The average molecular weight is 357 g/mol. The zero-order chi connectivity index (χ0) is 17.3. The van der Waals surface area contributed by atoms with E-state index in [9.17, 15) is 10.1 Å². The van der Waals surface area contributed by atoms with Gasteiger partial charge in [-0.15, -0.1) is 11.3 Å². The summed E-state index contributed by atoms with van der Waals surface area (Å²) >= 11 is 7.53. The summed E-state index contributed by atoms with van der Waals surface area (Å²) in [6.07, 6.45) is 3.25. The van der Waals surface area contributed by atoms with Gasteiger partial charge < -0.3 is 5.32 Å². The number of benzene rings is 1. The van der Waals surface area contributed by atoms with Crippen LogP contribution in [0, 0.1) is 25.2 Å². The first-order valence-electron chi connectivity index (χ1n) is 7.11. The van der Waals surface area contributed by atoms with Crippen LogP contribution >= 0.6 is 22.9 Å². The van der Waals surface area contributed by atoms with E-state index in [1.807, 2.05) is 43.5 Å². The molecule has 2 heterocycles. The molecule has 0 saturated carbocycles. The van der Waals surface area contributed by atoms with Crippen molar-refractivity contribution in [1.29, 1.82) is 5.26 Å². The Bertz CT molecular complexity index is 1010. The van der Waals surface area contributed by atoms with E-state index in [1.165, 1.54) is 17.4 Å². The van der Waals surface area contributed by atoms with Crippen molar-refractivity contribution in [3.8, 4) is 6.07 Å². The summed E-state index contributed by atoms with van der Waals surface area (Å²) in [4.78, 5) is 17.3. The maximum Gasteiger partial charge on any atom is 0.266 e. The van der Waals surface area contributed by atoms with Crippen LogP contribution < -0.4 is 5.32 Å². The maximum atomic E-state index is 12.4. The Morgan fingerprint density at radius 1 is 1.46 bits per heavy atom. The van der Waals surface area contributed by atoms with E-state index < -0.39 is 5.91 Å². The minimum absolute atomic E-state index is 0.0372. The van der Waals surface area contributed by atoms with Crippen molar-refractivity contribution in [2.24, 2.45) is 0 Å². The second-order valence-electron chi connectivity index (χ2n) is 5.29. The molecule has 3 aromatic rings. The highest BCUT2D eigenvalue weighted by Gasteiger charge is 2.15. The number of nitrogens with zero attached hydrogens (tertiary/aromatic N) is 3. The lowest BCUT2D eigenvalue weighted by Crippen LogP contribution is -2.14. The number of amides is 1. The lowest BCUT2D eigenvalue weighted by molar-refractivity contribution is -0.112. The van der Waals surface area contributed by atoms with Gasteiger partial charge in [0.05, 0.1) is 5.69 Å². The second kappa shape index (κ2) is 6.48. The number of hydrogen-bond acceptors (Lipinski definition) is 4. The summed E-state index contributed by atoms with van der Waals surface area (Å²) < 4.78 is 1.74. The fraction of sp³-hybridized carbons (Fsp3) is 0.118. The lowest BCUT2D eigenvalue weighted by atomic mass is 10.1. The van der Waals surface area contributed by atoms with Crippen LogP contribution in [-0.4, -0.2) is 15.3 Å². The van der Waals surface area contributed by atoms with Gasteiger partial charge in [-0.25, -0.2) is 4.98 Å². The number of nitriles is 1. The molecule has 0 spiro atoms. The third-order valence-corrected chi connectivity index (χ3v) is 4.57. The quantitative estimate of drug-likeness (QED) is 0.564. The Labute approximate surface area is 147 Å². The Morgan fingerprint density at radius 2 is 2.25 bits per heavy atom. The molecule has 2 aromatic heterocycles. The number of halogens is 1. The van der Waals surface area contributed by atoms with Crippen molar-refractivity contribution in [3.05, 3.63) is 57.3 Å². The Morgan fingerprint density at radius 3 is 2.96 bits per heavy atom. The van der Waals surface area contributed by atoms with Crippen molar-refractivity contribution in [1.82, 2.24) is 9.38 Å². The number of anilines is 1. The summed E-state index contributed by atoms with van der Waals surface area (Å²) in [6, 6.07) is 7.62. The summed E-state index contributed by atoms with van der Waals surface area (Å²) in [7, 11) is 0. The highest BCUT2D eigenvalue weighted by molar-refractivity contribution is 7.15. The third-order valence-electron chi connectivity index (χ3n) is 3.53. The fourth-order valence-electron chi connectivity index (χ4n) is 2.33. The van der Waals surface area contributed by atoms with Crippen LogP contribution in [0.4, 0.5) is 5.69 Å². The van der Waals surface area contributed by atoms with Gasteiger partial charge in [0, 0.05) is 17.3 Å². The lowest BCUT2D eigenvalue weighted by Gasteiger charge is -2.08. The normalized spacial score (nSPS) is 11.5. The van der Waals surface area contributed by atoms with Crippen molar-refractivity contribution in [2.45, 2.75) is 13.8 Å². The van der Waals surface area contributed by atoms with E-state index in [1.54, 1.807) is 10.6 Å². The Hall–Kier alpha value is -2.62. The molecule has 0 aliphatic carbocycles. The van der Waals surface area contributed by atoms with Crippen LogP contribution in [0.2, 0.25) is 5.15 Å². The van der Waals surface area contributed by atoms with Crippen molar-refractivity contribution >= 4 is 45.6 Å². The van der Waals surface area contributed by atoms with Crippen LogP contribution in [-0.2, 0) is 4.79 Å². The molecule has 0 unspecified atom stereocenters. The molecule has 0 saturated heterocycles. The van der Waals surface area contributed by atoms with E-state index in [2.05, 4.69) is 10.3 Å². The minimum Gasteiger partial charge on any atom is -0.321 e. The predicted octanol–water partition coefficient (Wildman–Crippen LogP) is 4.21. The molecular weight excluding hydrogens is 344 g/mol. The smallest absolute Gasteiger partial charge is 0.266 e. The highest BCUT2D eigenvalue weighted by Crippen LogP contribution is 2.24. The molecular formula is C17H13ClN4OS. The molecule has 3 rings (SSSR count). The van der Waals surface area contributed by atoms with Crippen LogP contribution in [0.3, 0.4) is 0 Å². The van der Waals surface area contributed by atoms with Crippen LogP contribution in [0.1, 0.15) is 16.8 Å². The van der Waals surface area contributed by atoms with Gasteiger partial charge in [-0.2, -0.15) is 5.26 Å². The molecule has 0 radical (unpaired) electrons. The number of hydrogen-bond donors (Lipinski definition) is 1. The van der Waals surface area contributed by atoms with Crippen LogP contribution in [0.25, 0.3) is 11.0 Å². The highest BCUT2D eigenvalue weighted by atomic mass is 35.5. The van der Waals surface area contributed by atoms with Gasteiger partial charge in [0.25, 0.3) is 5.91 Å². The average Bonchev–Trinajstić information content (AvgIpc) is 3.09. The molecule has 5 nitrogen and oxygen atoms in total. The minimum atomic E-state index is -0.481. The first kappa shape index (κ1) is 16.2. The molecule has 1 amide bonds. The van der Waals surface area contributed by atoms with E-state index >= 15 is 0 Å². The van der Waals surface area contributed by atoms with Gasteiger partial charge >= 0.3 is 0 Å². The Kier molecular flexibility index (Phi) is 4.38. The largest absolute Gasteiger partial charge is 0.321 e. The van der Waals surface area contributed by atoms with Gasteiger partial charge in [0.2, 0.25) is 0 Å². The molecule has 0 fully saturated rings. The first-order chi connectivity index (χ1) is 11.5. The molecule has 120 valence electrons. The number of aromatic nitrogens is 2. The van der Waals surface area contributed by atoms with Crippen molar-refractivity contribution < 1.29 is 4.79 Å². The summed E-state index contributed by atoms with van der Waals surface area (Å²) in [5.74, 6) is -0.481. The second-order valence-corrected chi connectivity index (χ2v) is 6.52.